The normalized spacial score (nSPS) is 12.9. The van der Waals surface area contributed by atoms with Gasteiger partial charge in [0.2, 0.25) is 0 Å². The first-order chi connectivity index (χ1) is 9.11. The number of benzene rings is 1. The van der Waals surface area contributed by atoms with E-state index in [9.17, 15) is 0 Å². The molecule has 0 bridgehead atoms. The van der Waals surface area contributed by atoms with Crippen molar-refractivity contribution in [3.05, 3.63) is 58.5 Å². The predicted octanol–water partition coefficient (Wildman–Crippen LogP) is 4.76. The molecule has 102 valence electrons. The molecule has 1 aromatic carbocycles. The van der Waals surface area contributed by atoms with E-state index in [1.807, 2.05) is 6.07 Å². The first kappa shape index (κ1) is 14.2. The minimum Gasteiger partial charge on any atom is -0.448 e. The van der Waals surface area contributed by atoms with Gasteiger partial charge in [0.1, 0.15) is 5.76 Å². The van der Waals surface area contributed by atoms with Crippen LogP contribution in [0.3, 0.4) is 0 Å². The maximum Gasteiger partial charge on any atom is 0.193 e. The molecule has 19 heavy (non-hydrogen) atoms. The number of furan rings is 1. The summed E-state index contributed by atoms with van der Waals surface area (Å²) in [5.74, 6) is 1.40. The van der Waals surface area contributed by atoms with Gasteiger partial charge in [0.15, 0.2) is 5.22 Å². The van der Waals surface area contributed by atoms with Gasteiger partial charge in [0, 0.05) is 0 Å². The van der Waals surface area contributed by atoms with E-state index < -0.39 is 0 Å². The molecule has 2 nitrogen and oxygen atoms in total. The van der Waals surface area contributed by atoms with Crippen LogP contribution in [0, 0.1) is 0 Å². The summed E-state index contributed by atoms with van der Waals surface area (Å²) in [7, 11) is 0. The molecule has 3 heteroatoms. The van der Waals surface area contributed by atoms with Gasteiger partial charge >= 0.3 is 0 Å². The van der Waals surface area contributed by atoms with Crippen LogP contribution in [0.5, 0.6) is 0 Å². The molecule has 0 fully saturated rings. The summed E-state index contributed by atoms with van der Waals surface area (Å²) in [4.78, 5) is 0. The number of rotatable bonds is 5. The lowest BCUT2D eigenvalue weighted by molar-refractivity contribution is 0.453. The number of nitrogens with one attached hydrogen (secondary N) is 1. The van der Waals surface area contributed by atoms with Crippen molar-refractivity contribution in [2.45, 2.75) is 32.7 Å². The van der Waals surface area contributed by atoms with Crippen LogP contribution in [-0.4, -0.2) is 6.54 Å². The highest BCUT2D eigenvalue weighted by molar-refractivity contribution is 6.28. The third-order valence-electron chi connectivity index (χ3n) is 3.22. The van der Waals surface area contributed by atoms with Crippen LogP contribution in [0.15, 0.2) is 40.8 Å². The van der Waals surface area contributed by atoms with Crippen molar-refractivity contribution >= 4 is 11.6 Å². The second kappa shape index (κ2) is 6.27. The Balaban J connectivity index is 2.28. The second-order valence-electron chi connectivity index (χ2n) is 4.95. The third kappa shape index (κ3) is 3.40. The van der Waals surface area contributed by atoms with Crippen LogP contribution in [0.25, 0.3) is 0 Å². The van der Waals surface area contributed by atoms with Gasteiger partial charge in [0.05, 0.1) is 6.04 Å². The van der Waals surface area contributed by atoms with Gasteiger partial charge in [-0.1, -0.05) is 45.0 Å². The lowest BCUT2D eigenvalue weighted by Crippen LogP contribution is -2.21. The molecule has 0 aliphatic rings. The molecular weight excluding hydrogens is 258 g/mol. The van der Waals surface area contributed by atoms with Crippen molar-refractivity contribution in [1.82, 2.24) is 5.32 Å². The molecule has 1 aromatic heterocycles. The summed E-state index contributed by atoms with van der Waals surface area (Å²) in [5.41, 5.74) is 2.54. The summed E-state index contributed by atoms with van der Waals surface area (Å²) in [6, 6.07) is 12.4. The van der Waals surface area contributed by atoms with Crippen LogP contribution in [0.4, 0.5) is 0 Å². The molecule has 0 saturated heterocycles. The van der Waals surface area contributed by atoms with E-state index in [4.69, 9.17) is 16.0 Å². The molecule has 1 N–H and O–H groups in total. The molecule has 2 rings (SSSR count). The van der Waals surface area contributed by atoms with E-state index in [1.54, 1.807) is 6.07 Å². The molecule has 0 radical (unpaired) electrons. The van der Waals surface area contributed by atoms with E-state index in [0.29, 0.717) is 11.1 Å². The fourth-order valence-electron chi connectivity index (χ4n) is 2.14. The Morgan fingerprint density at radius 2 is 1.68 bits per heavy atom. The fraction of sp³-hybridized carbons (Fsp3) is 0.375. The van der Waals surface area contributed by atoms with Crippen molar-refractivity contribution in [3.8, 4) is 0 Å². The van der Waals surface area contributed by atoms with Crippen molar-refractivity contribution in [2.75, 3.05) is 6.54 Å². The highest BCUT2D eigenvalue weighted by Gasteiger charge is 2.16. The summed E-state index contributed by atoms with van der Waals surface area (Å²) in [5, 5.41) is 3.85. The monoisotopic (exact) mass is 277 g/mol. The van der Waals surface area contributed by atoms with Crippen molar-refractivity contribution in [1.29, 1.82) is 0 Å². The highest BCUT2D eigenvalue weighted by atomic mass is 35.5. The van der Waals surface area contributed by atoms with Crippen molar-refractivity contribution in [3.63, 3.8) is 0 Å². The van der Waals surface area contributed by atoms with Gasteiger partial charge in [0.25, 0.3) is 0 Å². The van der Waals surface area contributed by atoms with Gasteiger partial charge in [-0.05, 0) is 47.3 Å². The first-order valence-electron chi connectivity index (χ1n) is 6.70. The van der Waals surface area contributed by atoms with Crippen molar-refractivity contribution in [2.24, 2.45) is 0 Å². The molecule has 0 aliphatic carbocycles. The van der Waals surface area contributed by atoms with Crippen LogP contribution < -0.4 is 5.32 Å². The minimum atomic E-state index is 0.0544. The lowest BCUT2D eigenvalue weighted by Gasteiger charge is -2.17. The van der Waals surface area contributed by atoms with E-state index in [2.05, 4.69) is 50.4 Å². The highest BCUT2D eigenvalue weighted by Crippen LogP contribution is 2.27. The Labute approximate surface area is 119 Å². The van der Waals surface area contributed by atoms with Crippen LogP contribution in [0.1, 0.15) is 49.6 Å². The molecule has 0 aliphatic heterocycles. The molecule has 0 saturated carbocycles. The standard InChI is InChI=1S/C16H20ClNO/c1-4-18-16(14-9-10-15(17)19-14)13-7-5-12(6-8-13)11(2)3/h5-11,16,18H,4H2,1-3H3. The topological polar surface area (TPSA) is 25.2 Å². The molecule has 1 unspecified atom stereocenters. The summed E-state index contributed by atoms with van der Waals surface area (Å²) >= 11 is 5.86. The Bertz CT molecular complexity index is 516. The maximum absolute atomic E-state index is 5.86. The molecule has 2 aromatic rings. The molecular formula is C16H20ClNO. The summed E-state index contributed by atoms with van der Waals surface area (Å²) in [6.07, 6.45) is 0. The number of hydrogen-bond acceptors (Lipinski definition) is 2. The van der Waals surface area contributed by atoms with Gasteiger partial charge in [-0.25, -0.2) is 0 Å². The predicted molar refractivity (Wildman–Crippen MR) is 79.8 cm³/mol. The smallest absolute Gasteiger partial charge is 0.193 e. The van der Waals surface area contributed by atoms with E-state index in [0.717, 1.165) is 12.3 Å². The second-order valence-corrected chi connectivity index (χ2v) is 5.33. The largest absolute Gasteiger partial charge is 0.448 e. The number of halogens is 1. The SMILES string of the molecule is CCNC(c1ccc(C(C)C)cc1)c1ccc(Cl)o1. The molecule has 1 atom stereocenters. The maximum atomic E-state index is 5.86. The Morgan fingerprint density at radius 1 is 1.05 bits per heavy atom. The fourth-order valence-corrected chi connectivity index (χ4v) is 2.30. The zero-order valence-corrected chi connectivity index (χ0v) is 12.4. The van der Waals surface area contributed by atoms with Crippen LogP contribution in [0.2, 0.25) is 5.22 Å². The molecule has 0 spiro atoms. The third-order valence-corrected chi connectivity index (χ3v) is 3.43. The first-order valence-corrected chi connectivity index (χ1v) is 7.08. The zero-order chi connectivity index (χ0) is 13.8. The van der Waals surface area contributed by atoms with Gasteiger partial charge in [-0.15, -0.1) is 0 Å². The molecule has 1 heterocycles. The van der Waals surface area contributed by atoms with E-state index in [-0.39, 0.29) is 6.04 Å². The quantitative estimate of drug-likeness (QED) is 0.853. The lowest BCUT2D eigenvalue weighted by atomic mass is 9.98. The Kier molecular flexibility index (Phi) is 4.67. The van der Waals surface area contributed by atoms with E-state index in [1.165, 1.54) is 11.1 Å². The van der Waals surface area contributed by atoms with Gasteiger partial charge in [-0.2, -0.15) is 0 Å². The summed E-state index contributed by atoms with van der Waals surface area (Å²) in [6.45, 7) is 7.35. The van der Waals surface area contributed by atoms with Crippen molar-refractivity contribution < 1.29 is 4.42 Å². The molecule has 0 amide bonds. The minimum absolute atomic E-state index is 0.0544. The van der Waals surface area contributed by atoms with Gasteiger partial charge < -0.3 is 9.73 Å². The summed E-state index contributed by atoms with van der Waals surface area (Å²) < 4.78 is 5.53. The Hall–Kier alpha value is -1.25. The number of hydrogen-bond donors (Lipinski definition) is 1. The van der Waals surface area contributed by atoms with Gasteiger partial charge in [-0.3, -0.25) is 0 Å². The zero-order valence-electron chi connectivity index (χ0n) is 11.6. The average Bonchev–Trinajstić information content (AvgIpc) is 2.82. The van der Waals surface area contributed by atoms with Crippen LogP contribution in [-0.2, 0) is 0 Å². The van der Waals surface area contributed by atoms with E-state index >= 15 is 0 Å². The van der Waals surface area contributed by atoms with Crippen LogP contribution >= 0.6 is 11.6 Å². The average molecular weight is 278 g/mol. The Morgan fingerprint density at radius 3 is 2.16 bits per heavy atom.